The van der Waals surface area contributed by atoms with Crippen molar-refractivity contribution < 1.29 is 38.9 Å². The number of carbonyl (C=O) groups is 4. The number of ether oxygens (including phenoxy) is 2. The highest BCUT2D eigenvalue weighted by molar-refractivity contribution is 5.97. The minimum Gasteiger partial charge on any atom is -0.482 e. The maximum Gasteiger partial charge on any atom is 0.343 e. The van der Waals surface area contributed by atoms with E-state index in [0.717, 1.165) is 4.90 Å². The molecule has 0 atom stereocenters. The summed E-state index contributed by atoms with van der Waals surface area (Å²) >= 11 is 0. The smallest absolute Gasteiger partial charge is 0.343 e. The Labute approximate surface area is 238 Å². The molecule has 0 aliphatic rings. The van der Waals surface area contributed by atoms with Crippen molar-refractivity contribution in [2.75, 3.05) is 13.2 Å². The van der Waals surface area contributed by atoms with Gasteiger partial charge in [0.1, 0.15) is 23.7 Å². The van der Waals surface area contributed by atoms with Crippen molar-refractivity contribution in [2.24, 2.45) is 16.5 Å². The first-order chi connectivity index (χ1) is 20.1. The zero-order valence-electron chi connectivity index (χ0n) is 22.0. The standard InChI is InChI=1S/C29H25N5O8/c30-29(31)32-20-7-4-18(5-8-20)28(40)42-22-9-11-23-19(13-22)6-10-24(33-23)27(39)34(15-25(35)36)14-17-2-1-3-21(12-17)41-16-26(37)38/h1-13H,14-16H2,(H,35,36)(H,37,38)(H4,30,31,32). The molecule has 0 spiro atoms. The van der Waals surface area contributed by atoms with Crippen molar-refractivity contribution in [3.8, 4) is 11.5 Å². The highest BCUT2D eigenvalue weighted by Gasteiger charge is 2.21. The van der Waals surface area contributed by atoms with E-state index in [1.165, 1.54) is 30.3 Å². The number of guanidine groups is 1. The molecule has 4 rings (SSSR count). The Hall–Kier alpha value is -5.98. The summed E-state index contributed by atoms with van der Waals surface area (Å²) < 4.78 is 10.6. The number of aliphatic imine (C=N–C) groups is 1. The van der Waals surface area contributed by atoms with Crippen LogP contribution in [0.4, 0.5) is 5.69 Å². The summed E-state index contributed by atoms with van der Waals surface area (Å²) in [5.74, 6) is -3.20. The molecule has 0 aliphatic heterocycles. The normalized spacial score (nSPS) is 10.5. The molecule has 42 heavy (non-hydrogen) atoms. The van der Waals surface area contributed by atoms with Crippen LogP contribution in [-0.4, -0.2) is 63.0 Å². The molecular weight excluding hydrogens is 546 g/mol. The van der Waals surface area contributed by atoms with Gasteiger partial charge in [-0.15, -0.1) is 0 Å². The minimum atomic E-state index is -1.22. The maximum absolute atomic E-state index is 13.3. The number of rotatable bonds is 11. The molecule has 3 aromatic carbocycles. The Morgan fingerprint density at radius 2 is 1.62 bits per heavy atom. The molecule has 214 valence electrons. The number of fused-ring (bicyclic) bond motifs is 1. The van der Waals surface area contributed by atoms with Crippen LogP contribution in [0.1, 0.15) is 26.4 Å². The molecule has 1 heterocycles. The predicted molar refractivity (Wildman–Crippen MR) is 151 cm³/mol. The highest BCUT2D eigenvalue weighted by atomic mass is 16.5. The molecule has 6 N–H and O–H groups in total. The predicted octanol–water partition coefficient (Wildman–Crippen LogP) is 2.55. The first-order valence-corrected chi connectivity index (χ1v) is 12.3. The largest absolute Gasteiger partial charge is 0.482 e. The lowest BCUT2D eigenvalue weighted by Crippen LogP contribution is -2.35. The fourth-order valence-corrected chi connectivity index (χ4v) is 3.90. The van der Waals surface area contributed by atoms with Crippen molar-refractivity contribution in [2.45, 2.75) is 6.54 Å². The van der Waals surface area contributed by atoms with E-state index < -0.39 is 37.0 Å². The topological polar surface area (TPSA) is 208 Å². The van der Waals surface area contributed by atoms with Crippen molar-refractivity contribution >= 4 is 46.4 Å². The lowest BCUT2D eigenvalue weighted by molar-refractivity contribution is -0.139. The summed E-state index contributed by atoms with van der Waals surface area (Å²) in [4.78, 5) is 57.5. The molecule has 0 bridgehead atoms. The minimum absolute atomic E-state index is 0.00708. The quantitative estimate of drug-likeness (QED) is 0.0890. The van der Waals surface area contributed by atoms with Gasteiger partial charge in [0, 0.05) is 11.9 Å². The third-order valence-electron chi connectivity index (χ3n) is 5.70. The van der Waals surface area contributed by atoms with Gasteiger partial charge in [0.05, 0.1) is 16.8 Å². The summed E-state index contributed by atoms with van der Waals surface area (Å²) in [7, 11) is 0. The van der Waals surface area contributed by atoms with Gasteiger partial charge in [0.2, 0.25) is 0 Å². The Balaban J connectivity index is 1.49. The molecule has 0 saturated carbocycles. The molecule has 0 unspecified atom stereocenters. The fourth-order valence-electron chi connectivity index (χ4n) is 3.90. The van der Waals surface area contributed by atoms with E-state index >= 15 is 0 Å². The lowest BCUT2D eigenvalue weighted by Gasteiger charge is -2.21. The number of carboxylic acid groups (broad SMARTS) is 2. The molecule has 13 nitrogen and oxygen atoms in total. The van der Waals surface area contributed by atoms with Crippen molar-refractivity contribution in [3.63, 3.8) is 0 Å². The molecule has 13 heteroatoms. The number of hydrogen-bond donors (Lipinski definition) is 4. The van der Waals surface area contributed by atoms with E-state index in [4.69, 9.17) is 26.0 Å². The summed E-state index contributed by atoms with van der Waals surface area (Å²) in [6, 6.07) is 20.2. The second-order valence-corrected chi connectivity index (χ2v) is 8.91. The van der Waals surface area contributed by atoms with Crippen LogP contribution in [0.15, 0.2) is 83.9 Å². The SMILES string of the molecule is NC(N)=Nc1ccc(C(=O)Oc2ccc3nc(C(=O)N(CC(=O)O)Cc4cccc(OCC(=O)O)c4)ccc3c2)cc1. The Kier molecular flexibility index (Phi) is 8.92. The van der Waals surface area contributed by atoms with Crippen LogP contribution in [0, 0.1) is 0 Å². The van der Waals surface area contributed by atoms with E-state index in [9.17, 15) is 24.3 Å². The number of pyridine rings is 1. The number of benzene rings is 3. The number of carbonyl (C=O) groups excluding carboxylic acids is 2. The van der Waals surface area contributed by atoms with Gasteiger partial charge in [-0.25, -0.2) is 19.6 Å². The van der Waals surface area contributed by atoms with Crippen LogP contribution in [0.2, 0.25) is 0 Å². The monoisotopic (exact) mass is 571 g/mol. The number of carboxylic acids is 2. The van der Waals surface area contributed by atoms with Gasteiger partial charge in [-0.1, -0.05) is 18.2 Å². The van der Waals surface area contributed by atoms with E-state index in [1.54, 1.807) is 48.5 Å². The van der Waals surface area contributed by atoms with Crippen LogP contribution in [-0.2, 0) is 16.1 Å². The number of nitrogens with zero attached hydrogens (tertiary/aromatic N) is 3. The van der Waals surface area contributed by atoms with Crippen molar-refractivity contribution in [1.29, 1.82) is 0 Å². The third-order valence-corrected chi connectivity index (χ3v) is 5.70. The molecule has 1 amide bonds. The first-order valence-electron chi connectivity index (χ1n) is 12.3. The van der Waals surface area contributed by atoms with E-state index in [2.05, 4.69) is 9.98 Å². The Morgan fingerprint density at radius 1 is 0.857 bits per heavy atom. The van der Waals surface area contributed by atoms with Gasteiger partial charge < -0.3 is 36.1 Å². The van der Waals surface area contributed by atoms with Crippen LogP contribution in [0.3, 0.4) is 0 Å². The van der Waals surface area contributed by atoms with Crippen molar-refractivity contribution in [1.82, 2.24) is 9.88 Å². The zero-order chi connectivity index (χ0) is 30.2. The van der Waals surface area contributed by atoms with Crippen LogP contribution >= 0.6 is 0 Å². The number of nitrogens with two attached hydrogens (primary N) is 2. The molecule has 1 aromatic heterocycles. The Morgan fingerprint density at radius 3 is 2.31 bits per heavy atom. The van der Waals surface area contributed by atoms with E-state index in [0.29, 0.717) is 22.2 Å². The summed E-state index contributed by atoms with van der Waals surface area (Å²) in [5.41, 5.74) is 12.4. The summed E-state index contributed by atoms with van der Waals surface area (Å²) in [5, 5.41) is 18.8. The van der Waals surface area contributed by atoms with Gasteiger partial charge in [-0.2, -0.15) is 0 Å². The fraction of sp³-hybridized carbons (Fsp3) is 0.103. The molecule has 0 saturated heterocycles. The van der Waals surface area contributed by atoms with Gasteiger partial charge >= 0.3 is 17.9 Å². The average Bonchev–Trinajstić information content (AvgIpc) is 2.95. The summed E-state index contributed by atoms with van der Waals surface area (Å²) in [6.07, 6.45) is 0. The molecule has 4 aromatic rings. The molecule has 0 radical (unpaired) electrons. The van der Waals surface area contributed by atoms with Crippen LogP contribution in [0.25, 0.3) is 10.9 Å². The van der Waals surface area contributed by atoms with E-state index in [1.807, 2.05) is 0 Å². The Bertz CT molecular complexity index is 1680. The molecular formula is C29H25N5O8. The van der Waals surface area contributed by atoms with Gasteiger partial charge in [-0.3, -0.25) is 9.59 Å². The first kappa shape index (κ1) is 29.0. The van der Waals surface area contributed by atoms with Crippen LogP contribution in [0.5, 0.6) is 11.5 Å². The number of aliphatic carboxylic acids is 2. The van der Waals surface area contributed by atoms with E-state index in [-0.39, 0.29) is 35.3 Å². The average molecular weight is 572 g/mol. The number of aromatic nitrogens is 1. The van der Waals surface area contributed by atoms with Crippen molar-refractivity contribution in [3.05, 3.63) is 95.7 Å². The van der Waals surface area contributed by atoms with Crippen LogP contribution < -0.4 is 20.9 Å². The molecule has 0 fully saturated rings. The third kappa shape index (κ3) is 7.79. The highest BCUT2D eigenvalue weighted by Crippen LogP contribution is 2.23. The number of esters is 1. The number of amides is 1. The van der Waals surface area contributed by atoms with Gasteiger partial charge in [0.15, 0.2) is 12.6 Å². The second kappa shape index (κ2) is 12.9. The van der Waals surface area contributed by atoms with Gasteiger partial charge in [0.25, 0.3) is 5.91 Å². The summed E-state index contributed by atoms with van der Waals surface area (Å²) in [6.45, 7) is -1.23. The number of hydrogen-bond acceptors (Lipinski definition) is 8. The van der Waals surface area contributed by atoms with Gasteiger partial charge in [-0.05, 0) is 66.2 Å². The second-order valence-electron chi connectivity index (χ2n) is 8.91. The lowest BCUT2D eigenvalue weighted by atomic mass is 10.1. The zero-order valence-corrected chi connectivity index (χ0v) is 22.0. The maximum atomic E-state index is 13.3. The molecule has 0 aliphatic carbocycles.